The summed E-state index contributed by atoms with van der Waals surface area (Å²) < 4.78 is 0. The predicted molar refractivity (Wildman–Crippen MR) is 96.0 cm³/mol. The summed E-state index contributed by atoms with van der Waals surface area (Å²) in [7, 11) is 0. The van der Waals surface area contributed by atoms with Crippen LogP contribution in [0.15, 0.2) is 77.6 Å². The minimum atomic E-state index is -0.743. The fraction of sp³-hybridized carbons (Fsp3) is 0.211. The van der Waals surface area contributed by atoms with E-state index >= 15 is 0 Å². The minimum absolute atomic E-state index is 0.177. The number of hydrogen-bond acceptors (Lipinski definition) is 4. The Hall–Kier alpha value is -2.59. The highest BCUT2D eigenvalue weighted by molar-refractivity contribution is 6.01. The van der Waals surface area contributed by atoms with Crippen LogP contribution in [0, 0.1) is 5.92 Å². The molecule has 23 heavy (non-hydrogen) atoms. The Balaban J connectivity index is 1.94. The molecule has 0 radical (unpaired) electrons. The van der Waals surface area contributed by atoms with E-state index in [4.69, 9.17) is 10.7 Å². The van der Waals surface area contributed by atoms with Gasteiger partial charge < -0.3 is 16.4 Å². The van der Waals surface area contributed by atoms with E-state index in [0.717, 1.165) is 22.9 Å². The number of nitrogens with two attached hydrogens (primary N) is 1. The molecule has 0 saturated carbocycles. The average Bonchev–Trinajstić information content (AvgIpc) is 2.56. The molecular weight excluding hydrogens is 284 g/mol. The molecule has 0 aliphatic carbocycles. The number of para-hydroxylation sites is 1. The van der Waals surface area contributed by atoms with Crippen molar-refractivity contribution in [1.82, 2.24) is 5.32 Å². The van der Waals surface area contributed by atoms with E-state index in [2.05, 4.69) is 24.5 Å². The molecule has 0 fully saturated rings. The van der Waals surface area contributed by atoms with Crippen molar-refractivity contribution in [3.8, 4) is 0 Å². The number of aliphatic imine (C=N–C) groups is 1. The molecule has 1 atom stereocenters. The van der Waals surface area contributed by atoms with E-state index in [1.165, 1.54) is 0 Å². The van der Waals surface area contributed by atoms with Crippen molar-refractivity contribution in [2.75, 3.05) is 5.32 Å². The molecule has 2 aromatic carbocycles. The lowest BCUT2D eigenvalue weighted by molar-refractivity contribution is 0.393. The average molecular weight is 306 g/mol. The largest absolute Gasteiger partial charge is 0.342 e. The second kappa shape index (κ2) is 6.26. The zero-order valence-corrected chi connectivity index (χ0v) is 13.5. The summed E-state index contributed by atoms with van der Waals surface area (Å²) >= 11 is 0. The van der Waals surface area contributed by atoms with Crippen LogP contribution in [0.1, 0.15) is 19.4 Å². The highest BCUT2D eigenvalue weighted by atomic mass is 15.2. The first-order valence-electron chi connectivity index (χ1n) is 7.83. The van der Waals surface area contributed by atoms with E-state index in [-0.39, 0.29) is 5.92 Å². The molecule has 0 aromatic heterocycles. The van der Waals surface area contributed by atoms with Crippen molar-refractivity contribution in [2.45, 2.75) is 19.5 Å². The Morgan fingerprint density at radius 1 is 1.00 bits per heavy atom. The van der Waals surface area contributed by atoms with E-state index in [0.29, 0.717) is 0 Å². The molecule has 118 valence electrons. The van der Waals surface area contributed by atoms with Gasteiger partial charge in [-0.3, -0.25) is 0 Å². The number of amidine groups is 1. The lowest BCUT2D eigenvalue weighted by atomic mass is 9.95. The first-order chi connectivity index (χ1) is 11.1. The zero-order valence-electron chi connectivity index (χ0n) is 13.5. The van der Waals surface area contributed by atoms with Crippen LogP contribution >= 0.6 is 0 Å². The van der Waals surface area contributed by atoms with Crippen LogP contribution in [0.3, 0.4) is 0 Å². The second-order valence-electron chi connectivity index (χ2n) is 6.04. The molecule has 1 aliphatic rings. The topological polar surface area (TPSA) is 62.4 Å². The van der Waals surface area contributed by atoms with Crippen LogP contribution in [0.5, 0.6) is 0 Å². The molecule has 4 N–H and O–H groups in total. The predicted octanol–water partition coefficient (Wildman–Crippen LogP) is 3.30. The van der Waals surface area contributed by atoms with Crippen molar-refractivity contribution < 1.29 is 0 Å². The summed E-state index contributed by atoms with van der Waals surface area (Å²) in [5.41, 5.74) is 7.81. The number of benzene rings is 2. The van der Waals surface area contributed by atoms with Gasteiger partial charge in [-0.05, 0) is 24.1 Å². The molecule has 3 rings (SSSR count). The number of nitrogens with one attached hydrogen (secondary N) is 2. The first kappa shape index (κ1) is 15.3. The van der Waals surface area contributed by atoms with Gasteiger partial charge in [-0.2, -0.15) is 0 Å². The van der Waals surface area contributed by atoms with Crippen LogP contribution in [0.25, 0.3) is 0 Å². The summed E-state index contributed by atoms with van der Waals surface area (Å²) in [5.74, 6) is 1.81. The number of nitrogens with zero attached hydrogens (tertiary/aromatic N) is 1. The lowest BCUT2D eigenvalue weighted by Gasteiger charge is -2.33. The summed E-state index contributed by atoms with van der Waals surface area (Å²) in [5, 5.41) is 6.73. The molecule has 0 saturated heterocycles. The van der Waals surface area contributed by atoms with Gasteiger partial charge in [0, 0.05) is 11.3 Å². The molecule has 1 unspecified atom stereocenters. The fourth-order valence-corrected chi connectivity index (χ4v) is 2.42. The Labute approximate surface area is 137 Å². The Morgan fingerprint density at radius 2 is 1.61 bits per heavy atom. The van der Waals surface area contributed by atoms with Gasteiger partial charge in [0.1, 0.15) is 17.3 Å². The maximum atomic E-state index is 6.53. The van der Waals surface area contributed by atoms with Crippen LogP contribution < -0.4 is 16.4 Å². The molecule has 0 bridgehead atoms. The van der Waals surface area contributed by atoms with E-state index in [1.54, 1.807) is 0 Å². The van der Waals surface area contributed by atoms with E-state index in [9.17, 15) is 0 Å². The van der Waals surface area contributed by atoms with Crippen LogP contribution in [0.2, 0.25) is 0 Å². The molecule has 4 heteroatoms. The van der Waals surface area contributed by atoms with Gasteiger partial charge in [0.05, 0.1) is 0 Å². The third kappa shape index (κ3) is 3.43. The third-order valence-electron chi connectivity index (χ3n) is 3.96. The van der Waals surface area contributed by atoms with Crippen molar-refractivity contribution in [1.29, 1.82) is 0 Å². The smallest absolute Gasteiger partial charge is 0.136 e. The van der Waals surface area contributed by atoms with Gasteiger partial charge in [0.25, 0.3) is 0 Å². The lowest BCUT2D eigenvalue weighted by Crippen LogP contribution is -2.48. The molecule has 1 heterocycles. The zero-order chi connectivity index (χ0) is 16.3. The maximum Gasteiger partial charge on any atom is 0.136 e. The van der Waals surface area contributed by atoms with Gasteiger partial charge in [0.15, 0.2) is 0 Å². The highest BCUT2D eigenvalue weighted by Gasteiger charge is 2.31. The summed E-state index contributed by atoms with van der Waals surface area (Å²) in [6, 6.07) is 20.1. The van der Waals surface area contributed by atoms with Crippen molar-refractivity contribution >= 4 is 11.5 Å². The quantitative estimate of drug-likeness (QED) is 0.812. The third-order valence-corrected chi connectivity index (χ3v) is 3.96. The SMILES string of the molecule is CC(C)C1(N)C=C(Nc2ccccc2)NC(c2ccccc2)=N1. The number of anilines is 1. The molecular formula is C19H22N4. The van der Waals surface area contributed by atoms with Crippen molar-refractivity contribution in [2.24, 2.45) is 16.6 Å². The molecule has 4 nitrogen and oxygen atoms in total. The number of rotatable bonds is 4. The Kier molecular flexibility index (Phi) is 4.17. The van der Waals surface area contributed by atoms with Gasteiger partial charge in [0.2, 0.25) is 0 Å². The molecule has 0 amide bonds. The van der Waals surface area contributed by atoms with E-state index in [1.807, 2.05) is 66.7 Å². The Bertz CT molecular complexity index is 720. The summed E-state index contributed by atoms with van der Waals surface area (Å²) in [4.78, 5) is 4.74. The summed E-state index contributed by atoms with van der Waals surface area (Å²) in [6.07, 6.45) is 1.96. The molecule has 0 spiro atoms. The van der Waals surface area contributed by atoms with E-state index < -0.39 is 5.66 Å². The monoisotopic (exact) mass is 306 g/mol. The second-order valence-corrected chi connectivity index (χ2v) is 6.04. The minimum Gasteiger partial charge on any atom is -0.342 e. The van der Waals surface area contributed by atoms with Crippen molar-refractivity contribution in [3.63, 3.8) is 0 Å². The van der Waals surface area contributed by atoms with Gasteiger partial charge >= 0.3 is 0 Å². The molecule has 2 aromatic rings. The maximum absolute atomic E-state index is 6.53. The Morgan fingerprint density at radius 3 is 2.22 bits per heavy atom. The van der Waals surface area contributed by atoms with Crippen LogP contribution in [-0.2, 0) is 0 Å². The van der Waals surface area contributed by atoms with Crippen molar-refractivity contribution in [3.05, 3.63) is 78.1 Å². The highest BCUT2D eigenvalue weighted by Crippen LogP contribution is 2.24. The van der Waals surface area contributed by atoms with Gasteiger partial charge in [-0.25, -0.2) is 4.99 Å². The van der Waals surface area contributed by atoms with Crippen LogP contribution in [0.4, 0.5) is 5.69 Å². The van der Waals surface area contributed by atoms with Gasteiger partial charge in [-0.15, -0.1) is 0 Å². The van der Waals surface area contributed by atoms with Gasteiger partial charge in [-0.1, -0.05) is 62.4 Å². The standard InChI is InChI=1S/C19H22N4/c1-14(2)19(20)13-17(21-16-11-7-4-8-12-16)22-18(23-19)15-9-5-3-6-10-15/h3-14,21H,20H2,1-2H3,(H,22,23). The molecule has 1 aliphatic heterocycles. The first-order valence-corrected chi connectivity index (χ1v) is 7.83. The van der Waals surface area contributed by atoms with Crippen LogP contribution in [-0.4, -0.2) is 11.5 Å². The fourth-order valence-electron chi connectivity index (χ4n) is 2.42. The number of hydrogen-bond donors (Lipinski definition) is 3. The normalized spacial score (nSPS) is 20.5. The summed E-state index contributed by atoms with van der Waals surface area (Å²) in [6.45, 7) is 4.15.